The van der Waals surface area contributed by atoms with Crippen molar-refractivity contribution in [3.63, 3.8) is 0 Å². The number of hydrogen-bond acceptors (Lipinski definition) is 4. The molecule has 0 aliphatic heterocycles. The van der Waals surface area contributed by atoms with Crippen LogP contribution >= 0.6 is 11.8 Å². The summed E-state index contributed by atoms with van der Waals surface area (Å²) in [7, 11) is 0. The summed E-state index contributed by atoms with van der Waals surface area (Å²) >= 11 is 1.49. The van der Waals surface area contributed by atoms with E-state index in [1.54, 1.807) is 19.1 Å². The molecule has 3 rings (SSSR count). The molecule has 1 amide bonds. The van der Waals surface area contributed by atoms with Gasteiger partial charge in [0, 0.05) is 22.2 Å². The summed E-state index contributed by atoms with van der Waals surface area (Å²) in [6.45, 7) is 3.83. The van der Waals surface area contributed by atoms with Crippen molar-refractivity contribution in [3.8, 4) is 0 Å². The Morgan fingerprint density at radius 3 is 2.37 bits per heavy atom. The van der Waals surface area contributed by atoms with E-state index in [1.807, 2.05) is 48.5 Å². The Bertz CT molecular complexity index is 972. The number of carbonyl (C=O) groups excluding carboxylic acids is 1. The second kappa shape index (κ2) is 8.68. The van der Waals surface area contributed by atoms with Gasteiger partial charge in [-0.15, -0.1) is 0 Å². The number of rotatable bonds is 6. The molecule has 6 heteroatoms. The normalized spacial score (nSPS) is 11.8. The number of para-hydroxylation sites is 1. The van der Waals surface area contributed by atoms with Crippen LogP contribution in [0.1, 0.15) is 29.0 Å². The Labute approximate surface area is 162 Å². The number of carbonyl (C=O) groups is 1. The molecule has 2 N–H and O–H groups in total. The van der Waals surface area contributed by atoms with Crippen LogP contribution in [0.25, 0.3) is 0 Å². The smallest absolute Gasteiger partial charge is 0.255 e. The van der Waals surface area contributed by atoms with Gasteiger partial charge in [-0.1, -0.05) is 60.3 Å². The molecule has 27 heavy (non-hydrogen) atoms. The molecule has 0 aliphatic carbocycles. The molecule has 138 valence electrons. The molecule has 0 aliphatic rings. The maximum atomic E-state index is 12.5. The molecule has 1 atom stereocenters. The lowest BCUT2D eigenvalue weighted by molar-refractivity contribution is -0.115. The molecule has 1 unspecified atom stereocenters. The first kappa shape index (κ1) is 18.9. The number of nitrogens with one attached hydrogen (secondary N) is 2. The van der Waals surface area contributed by atoms with Crippen molar-refractivity contribution in [2.24, 2.45) is 0 Å². The molecule has 0 saturated heterocycles. The van der Waals surface area contributed by atoms with Crippen LogP contribution in [0.15, 0.2) is 70.6 Å². The maximum absolute atomic E-state index is 12.5. The lowest BCUT2D eigenvalue weighted by Gasteiger charge is -2.12. The first-order valence-electron chi connectivity index (χ1n) is 8.69. The van der Waals surface area contributed by atoms with E-state index in [9.17, 15) is 9.59 Å². The van der Waals surface area contributed by atoms with Crippen LogP contribution in [-0.2, 0) is 11.2 Å². The highest BCUT2D eigenvalue weighted by Crippen LogP contribution is 2.32. The molecule has 0 saturated carbocycles. The summed E-state index contributed by atoms with van der Waals surface area (Å²) in [4.78, 5) is 32.0. The van der Waals surface area contributed by atoms with Crippen LogP contribution in [0.4, 0.5) is 5.69 Å². The van der Waals surface area contributed by atoms with Crippen LogP contribution in [0.2, 0.25) is 0 Å². The summed E-state index contributed by atoms with van der Waals surface area (Å²) in [5.41, 5.74) is 2.56. The van der Waals surface area contributed by atoms with Gasteiger partial charge in [0.2, 0.25) is 5.91 Å². The second-order valence-electron chi connectivity index (χ2n) is 6.20. The second-order valence-corrected chi connectivity index (χ2v) is 7.53. The van der Waals surface area contributed by atoms with Gasteiger partial charge in [-0.3, -0.25) is 9.59 Å². The predicted octanol–water partition coefficient (Wildman–Crippen LogP) is 4.11. The summed E-state index contributed by atoms with van der Waals surface area (Å²) in [6.07, 6.45) is -0.0117. The van der Waals surface area contributed by atoms with Gasteiger partial charge in [-0.2, -0.15) is 0 Å². The number of hydrogen-bond donors (Lipinski definition) is 2. The van der Waals surface area contributed by atoms with Gasteiger partial charge in [0.15, 0.2) is 5.16 Å². The van der Waals surface area contributed by atoms with Crippen molar-refractivity contribution in [2.75, 3.05) is 5.32 Å². The zero-order valence-electron chi connectivity index (χ0n) is 15.2. The number of amides is 1. The third-order valence-electron chi connectivity index (χ3n) is 4.15. The van der Waals surface area contributed by atoms with Gasteiger partial charge < -0.3 is 10.3 Å². The number of nitrogens with zero attached hydrogens (tertiary/aromatic N) is 1. The lowest BCUT2D eigenvalue weighted by atomic mass is 10.1. The lowest BCUT2D eigenvalue weighted by Crippen LogP contribution is -2.23. The predicted molar refractivity (Wildman–Crippen MR) is 109 cm³/mol. The fourth-order valence-electron chi connectivity index (χ4n) is 2.70. The highest BCUT2D eigenvalue weighted by atomic mass is 32.2. The summed E-state index contributed by atoms with van der Waals surface area (Å²) in [5.74, 6) is -0.241. The quantitative estimate of drug-likeness (QED) is 0.499. The minimum absolute atomic E-state index is 0.0117. The number of aryl methyl sites for hydroxylation is 1. The third kappa shape index (κ3) is 5.08. The molecule has 3 aromatic rings. The number of anilines is 1. The van der Waals surface area contributed by atoms with Gasteiger partial charge in [0.1, 0.15) is 0 Å². The number of benzene rings is 2. The van der Waals surface area contributed by atoms with Crippen LogP contribution in [0.3, 0.4) is 0 Å². The Morgan fingerprint density at radius 2 is 1.74 bits per heavy atom. The molecule has 1 aromatic heterocycles. The summed E-state index contributed by atoms with van der Waals surface area (Å²) in [5, 5.41) is 3.50. The van der Waals surface area contributed by atoms with E-state index in [1.165, 1.54) is 11.8 Å². The number of thioether (sulfide) groups is 1. The van der Waals surface area contributed by atoms with Crippen molar-refractivity contribution in [1.82, 2.24) is 9.97 Å². The van der Waals surface area contributed by atoms with E-state index in [2.05, 4.69) is 22.2 Å². The first-order chi connectivity index (χ1) is 13.0. The number of aromatic amines is 1. The van der Waals surface area contributed by atoms with Crippen molar-refractivity contribution >= 4 is 23.4 Å². The molecular weight excluding hydrogens is 358 g/mol. The number of H-pyrrole nitrogens is 1. The highest BCUT2D eigenvalue weighted by molar-refractivity contribution is 7.99. The van der Waals surface area contributed by atoms with Crippen molar-refractivity contribution in [1.29, 1.82) is 0 Å². The van der Waals surface area contributed by atoms with Crippen LogP contribution in [0.5, 0.6) is 0 Å². The van der Waals surface area contributed by atoms with Gasteiger partial charge in [0.25, 0.3) is 5.56 Å². The van der Waals surface area contributed by atoms with Gasteiger partial charge in [-0.25, -0.2) is 4.98 Å². The monoisotopic (exact) mass is 379 g/mol. The first-order valence-corrected chi connectivity index (χ1v) is 9.57. The molecule has 2 aromatic carbocycles. The standard InChI is InChI=1S/C21H21N3O2S/c1-14-18(13-19(25)23-17-11-7-4-8-12-17)20(26)24-21(22-14)27-15(2)16-9-5-3-6-10-16/h3-12,15H,13H2,1-2H3,(H,23,25)(H,22,24,26). The van der Waals surface area contributed by atoms with Crippen LogP contribution in [-0.4, -0.2) is 15.9 Å². The van der Waals surface area contributed by atoms with Crippen molar-refractivity contribution < 1.29 is 4.79 Å². The number of aromatic nitrogens is 2. The fourth-order valence-corrected chi connectivity index (χ4v) is 3.66. The van der Waals surface area contributed by atoms with Crippen molar-refractivity contribution in [2.45, 2.75) is 30.7 Å². The van der Waals surface area contributed by atoms with Crippen LogP contribution in [0, 0.1) is 6.92 Å². The van der Waals surface area contributed by atoms with E-state index in [-0.39, 0.29) is 23.1 Å². The SMILES string of the molecule is Cc1nc(SC(C)c2ccccc2)[nH]c(=O)c1CC(=O)Nc1ccccc1. The highest BCUT2D eigenvalue weighted by Gasteiger charge is 2.15. The van der Waals surface area contributed by atoms with E-state index in [4.69, 9.17) is 0 Å². The summed E-state index contributed by atoms with van der Waals surface area (Å²) in [6, 6.07) is 19.2. The van der Waals surface area contributed by atoms with Crippen LogP contribution < -0.4 is 10.9 Å². The summed E-state index contributed by atoms with van der Waals surface area (Å²) < 4.78 is 0. The Balaban J connectivity index is 1.71. The third-order valence-corrected chi connectivity index (χ3v) is 5.20. The minimum atomic E-state index is -0.270. The van der Waals surface area contributed by atoms with E-state index in [0.29, 0.717) is 22.1 Å². The Morgan fingerprint density at radius 1 is 1.11 bits per heavy atom. The van der Waals surface area contributed by atoms with E-state index >= 15 is 0 Å². The zero-order chi connectivity index (χ0) is 19.2. The average molecular weight is 379 g/mol. The molecular formula is C21H21N3O2S. The molecule has 0 bridgehead atoms. The van der Waals surface area contributed by atoms with Gasteiger partial charge >= 0.3 is 0 Å². The van der Waals surface area contributed by atoms with Crippen molar-refractivity contribution in [3.05, 3.63) is 87.8 Å². The topological polar surface area (TPSA) is 74.8 Å². The molecule has 0 fully saturated rings. The molecule has 0 radical (unpaired) electrons. The average Bonchev–Trinajstić information content (AvgIpc) is 2.66. The maximum Gasteiger partial charge on any atom is 0.255 e. The minimum Gasteiger partial charge on any atom is -0.326 e. The molecule has 0 spiro atoms. The van der Waals surface area contributed by atoms with E-state index in [0.717, 1.165) is 5.56 Å². The molecule has 1 heterocycles. The largest absolute Gasteiger partial charge is 0.326 e. The Kier molecular flexibility index (Phi) is 6.08. The van der Waals surface area contributed by atoms with Gasteiger partial charge in [0.05, 0.1) is 6.42 Å². The zero-order valence-corrected chi connectivity index (χ0v) is 16.0. The van der Waals surface area contributed by atoms with Gasteiger partial charge in [-0.05, 0) is 31.5 Å². The Hall–Kier alpha value is -2.86. The fraction of sp³-hybridized carbons (Fsp3) is 0.190. The van der Waals surface area contributed by atoms with E-state index < -0.39 is 0 Å². The molecule has 5 nitrogen and oxygen atoms in total.